The summed E-state index contributed by atoms with van der Waals surface area (Å²) in [5, 5.41) is 17.8. The van der Waals surface area contributed by atoms with E-state index >= 15 is 0 Å². The second-order valence-electron chi connectivity index (χ2n) is 0.983. The third-order valence-corrected chi connectivity index (χ3v) is 0. The smallest absolute Gasteiger partial charge is 0.550 e. The van der Waals surface area contributed by atoms with Crippen LogP contribution in [0.2, 0.25) is 0 Å². The van der Waals surface area contributed by atoms with Crippen LogP contribution in [0, 0.1) is 0 Å². The summed E-state index contributed by atoms with van der Waals surface area (Å²) in [6, 6.07) is 0. The van der Waals surface area contributed by atoms with Crippen LogP contribution in [0.5, 0.6) is 0 Å². The zero-order chi connectivity index (χ0) is 7.15. The predicted octanol–water partition coefficient (Wildman–Crippen LogP) is -5.49. The van der Waals surface area contributed by atoms with Crippen LogP contribution in [-0.4, -0.2) is 11.9 Å². The molecular weight excluding hydrogens is 264 g/mol. The summed E-state index contributed by atoms with van der Waals surface area (Å²) in [4.78, 5) is 17.8. The Kier molecular flexibility index (Phi) is 38.0. The third kappa shape index (κ3) is 306. The van der Waals surface area contributed by atoms with Gasteiger partial charge in [-0.15, -0.1) is 0 Å². The Morgan fingerprint density at radius 3 is 1.00 bits per heavy atom. The molecular formula is C4H6CdKO4+. The van der Waals surface area contributed by atoms with Crippen LogP contribution in [0.1, 0.15) is 13.8 Å². The normalized spacial score (nSPS) is 5.00. The number of carbonyl (C=O) groups excluding carboxylic acids is 2. The number of aliphatic carboxylic acids is 2. The molecule has 0 bridgehead atoms. The van der Waals surface area contributed by atoms with Crippen LogP contribution in [0.25, 0.3) is 0 Å². The van der Waals surface area contributed by atoms with Crippen molar-refractivity contribution in [3.63, 3.8) is 0 Å². The molecule has 0 spiro atoms. The summed E-state index contributed by atoms with van der Waals surface area (Å²) in [6.45, 7) is 1.94. The van der Waals surface area contributed by atoms with E-state index in [4.69, 9.17) is 19.8 Å². The molecule has 0 aromatic carbocycles. The first-order valence-corrected chi connectivity index (χ1v) is 1.82. The van der Waals surface area contributed by atoms with Gasteiger partial charge in [-0.1, -0.05) is 0 Å². The molecule has 0 rings (SSSR count). The molecule has 0 saturated heterocycles. The van der Waals surface area contributed by atoms with Gasteiger partial charge in [-0.2, -0.15) is 0 Å². The van der Waals surface area contributed by atoms with Gasteiger partial charge in [0, 0.05) is 11.9 Å². The van der Waals surface area contributed by atoms with Crippen molar-refractivity contribution in [1.82, 2.24) is 0 Å². The molecule has 0 aliphatic carbocycles. The summed E-state index contributed by atoms with van der Waals surface area (Å²) >= 11 is 0. The molecule has 0 fully saturated rings. The number of hydrogen-bond donors (Lipinski definition) is 0. The monoisotopic (exact) mass is 271 g/mol. The molecule has 10 heavy (non-hydrogen) atoms. The molecule has 0 unspecified atom stereocenters. The molecule has 0 heterocycles. The predicted molar refractivity (Wildman–Crippen MR) is 21.4 cm³/mol. The maximum atomic E-state index is 8.89. The van der Waals surface area contributed by atoms with Crippen molar-refractivity contribution >= 4 is 11.9 Å². The first-order valence-electron chi connectivity index (χ1n) is 1.82. The van der Waals surface area contributed by atoms with Crippen LogP contribution >= 0.6 is 0 Å². The van der Waals surface area contributed by atoms with Crippen molar-refractivity contribution < 1.29 is 98.5 Å². The van der Waals surface area contributed by atoms with Gasteiger partial charge in [0.05, 0.1) is 0 Å². The number of rotatable bonds is 0. The maximum absolute atomic E-state index is 8.89. The second kappa shape index (κ2) is 16.8. The second-order valence-corrected chi connectivity index (χ2v) is 0.983. The van der Waals surface area contributed by atoms with E-state index in [1.807, 2.05) is 0 Å². The van der Waals surface area contributed by atoms with Crippen molar-refractivity contribution in [3.8, 4) is 0 Å². The molecule has 0 atom stereocenters. The first-order chi connectivity index (χ1) is 3.46. The number of hydrogen-bond acceptors (Lipinski definition) is 4. The Balaban J connectivity index is -0.0000000300. The molecule has 0 aromatic rings. The van der Waals surface area contributed by atoms with Crippen molar-refractivity contribution in [1.29, 1.82) is 0 Å². The van der Waals surface area contributed by atoms with Crippen LogP contribution in [-0.2, 0) is 36.9 Å². The molecule has 6 heteroatoms. The largest absolute Gasteiger partial charge is 2.00 e. The average Bonchev–Trinajstić information content (AvgIpc) is 1.25. The van der Waals surface area contributed by atoms with Crippen molar-refractivity contribution in [2.45, 2.75) is 13.8 Å². The average molecular weight is 270 g/mol. The summed E-state index contributed by atoms with van der Waals surface area (Å²) in [6.07, 6.45) is 0. The van der Waals surface area contributed by atoms with E-state index in [0.717, 1.165) is 13.8 Å². The fourth-order valence-corrected chi connectivity index (χ4v) is 0. The van der Waals surface area contributed by atoms with E-state index in [0.29, 0.717) is 0 Å². The van der Waals surface area contributed by atoms with Crippen LogP contribution in [0.4, 0.5) is 0 Å². The summed E-state index contributed by atoms with van der Waals surface area (Å²) in [5.74, 6) is -2.17. The first kappa shape index (κ1) is 22.5. The summed E-state index contributed by atoms with van der Waals surface area (Å²) in [5.41, 5.74) is 0. The zero-order valence-electron chi connectivity index (χ0n) is 6.34. The van der Waals surface area contributed by atoms with Gasteiger partial charge in [-0.25, -0.2) is 0 Å². The summed E-state index contributed by atoms with van der Waals surface area (Å²) in [7, 11) is 0. The van der Waals surface area contributed by atoms with Crippen molar-refractivity contribution in [2.75, 3.05) is 0 Å². The Labute approximate surface area is 122 Å². The number of carboxylic acids is 2. The van der Waals surface area contributed by atoms with Gasteiger partial charge in [0.2, 0.25) is 0 Å². The third-order valence-electron chi connectivity index (χ3n) is 0. The van der Waals surface area contributed by atoms with Crippen molar-refractivity contribution in [2.24, 2.45) is 0 Å². The number of carboxylic acid groups (broad SMARTS) is 2. The summed E-state index contributed by atoms with van der Waals surface area (Å²) < 4.78 is 0. The minimum Gasteiger partial charge on any atom is -0.550 e. The fourth-order valence-electron chi connectivity index (χ4n) is 0. The van der Waals surface area contributed by atoms with Gasteiger partial charge in [0.15, 0.2) is 0 Å². The number of carbonyl (C=O) groups is 2. The Morgan fingerprint density at radius 2 is 1.00 bits per heavy atom. The van der Waals surface area contributed by atoms with Crippen LogP contribution in [0.15, 0.2) is 0 Å². The maximum Gasteiger partial charge on any atom is 2.00 e. The topological polar surface area (TPSA) is 80.3 Å². The molecule has 0 aliphatic rings. The molecule has 48 valence electrons. The van der Waals surface area contributed by atoms with E-state index in [1.165, 1.54) is 0 Å². The van der Waals surface area contributed by atoms with Gasteiger partial charge in [-0.3, -0.25) is 0 Å². The van der Waals surface area contributed by atoms with Gasteiger partial charge < -0.3 is 19.8 Å². The van der Waals surface area contributed by atoms with Crippen LogP contribution < -0.4 is 61.6 Å². The molecule has 4 nitrogen and oxygen atoms in total. The van der Waals surface area contributed by atoms with Gasteiger partial charge >= 0.3 is 78.7 Å². The van der Waals surface area contributed by atoms with E-state index in [9.17, 15) is 0 Å². The molecule has 0 N–H and O–H groups in total. The van der Waals surface area contributed by atoms with E-state index < -0.39 is 11.9 Å². The Bertz CT molecular complexity index is 75.3. The fraction of sp³-hybridized carbons (Fsp3) is 0.500. The minimum atomic E-state index is -1.08. The van der Waals surface area contributed by atoms with E-state index in [2.05, 4.69) is 0 Å². The quantitative estimate of drug-likeness (QED) is 0.411. The minimum absolute atomic E-state index is 0. The SMILES string of the molecule is CC(=O)[O-].CC(=O)[O-].[Cd+2].[K+]. The van der Waals surface area contributed by atoms with Gasteiger partial charge in [0.1, 0.15) is 0 Å². The van der Waals surface area contributed by atoms with E-state index in [-0.39, 0.29) is 78.7 Å². The van der Waals surface area contributed by atoms with Crippen molar-refractivity contribution in [3.05, 3.63) is 0 Å². The standard InChI is InChI=1S/2C2H4O2.Cd.K/c2*1-2(3)4;;/h2*1H3,(H,3,4);;/q;;+2;+1/p-2. The van der Waals surface area contributed by atoms with Gasteiger partial charge in [-0.05, 0) is 13.8 Å². The van der Waals surface area contributed by atoms with Gasteiger partial charge in [0.25, 0.3) is 0 Å². The van der Waals surface area contributed by atoms with Crippen LogP contribution in [0.3, 0.4) is 0 Å². The molecule has 0 aliphatic heterocycles. The molecule has 0 saturated carbocycles. The Morgan fingerprint density at radius 1 is 1.00 bits per heavy atom. The zero-order valence-corrected chi connectivity index (χ0v) is 13.5. The van der Waals surface area contributed by atoms with E-state index in [1.54, 1.807) is 0 Å². The molecule has 0 amide bonds. The molecule has 0 aromatic heterocycles. The molecule has 0 radical (unpaired) electrons. The Hall–Kier alpha value is 1.50.